The molecule has 2 aliphatic rings. The van der Waals surface area contributed by atoms with E-state index >= 15 is 0 Å². The predicted octanol–water partition coefficient (Wildman–Crippen LogP) is 1.41. The lowest BCUT2D eigenvalue weighted by Crippen LogP contribution is -2.48. The van der Waals surface area contributed by atoms with Crippen LogP contribution in [0.15, 0.2) is 0 Å². The molecule has 0 aromatic heterocycles. The van der Waals surface area contributed by atoms with Gasteiger partial charge in [-0.2, -0.15) is 0 Å². The van der Waals surface area contributed by atoms with Crippen molar-refractivity contribution >= 4 is 0 Å². The van der Waals surface area contributed by atoms with Gasteiger partial charge in [0.25, 0.3) is 0 Å². The highest BCUT2D eigenvalue weighted by Crippen LogP contribution is 2.42. The number of hydrogen-bond donors (Lipinski definition) is 1. The van der Waals surface area contributed by atoms with Gasteiger partial charge in [0.2, 0.25) is 0 Å². The molecule has 70 valence electrons. The van der Waals surface area contributed by atoms with Crippen LogP contribution in [0.4, 0.5) is 0 Å². The molecule has 1 N–H and O–H groups in total. The molecule has 2 nitrogen and oxygen atoms in total. The van der Waals surface area contributed by atoms with Crippen molar-refractivity contribution in [2.75, 3.05) is 20.3 Å². The van der Waals surface area contributed by atoms with Gasteiger partial charge in [-0.1, -0.05) is 0 Å². The van der Waals surface area contributed by atoms with Crippen molar-refractivity contribution in [3.63, 3.8) is 0 Å². The van der Waals surface area contributed by atoms with Crippen LogP contribution in [-0.4, -0.2) is 26.3 Å². The van der Waals surface area contributed by atoms with Crippen molar-refractivity contribution in [3.8, 4) is 0 Å². The van der Waals surface area contributed by atoms with Gasteiger partial charge in [0.15, 0.2) is 0 Å². The average Bonchev–Trinajstić information content (AvgIpc) is 2.75. The van der Waals surface area contributed by atoms with E-state index in [0.717, 1.165) is 24.5 Å². The highest BCUT2D eigenvalue weighted by Gasteiger charge is 2.38. The molecule has 12 heavy (non-hydrogen) atoms. The topological polar surface area (TPSA) is 21.3 Å². The molecule has 1 heterocycles. The van der Waals surface area contributed by atoms with E-state index in [1.807, 2.05) is 0 Å². The van der Waals surface area contributed by atoms with Gasteiger partial charge in [-0.3, -0.25) is 0 Å². The Morgan fingerprint density at radius 3 is 2.58 bits per heavy atom. The predicted molar refractivity (Wildman–Crippen MR) is 49.1 cm³/mol. The van der Waals surface area contributed by atoms with Gasteiger partial charge in [0, 0.05) is 19.8 Å². The summed E-state index contributed by atoms with van der Waals surface area (Å²) >= 11 is 0. The van der Waals surface area contributed by atoms with E-state index in [1.165, 1.54) is 32.2 Å². The van der Waals surface area contributed by atoms with Gasteiger partial charge < -0.3 is 10.1 Å². The monoisotopic (exact) mass is 169 g/mol. The second-order valence-corrected chi connectivity index (χ2v) is 4.13. The Bertz CT molecular complexity index is 141. The van der Waals surface area contributed by atoms with E-state index in [2.05, 4.69) is 5.32 Å². The molecule has 0 amide bonds. The maximum atomic E-state index is 5.14. The highest BCUT2D eigenvalue weighted by atomic mass is 16.5. The number of methoxy groups -OCH3 is 1. The summed E-state index contributed by atoms with van der Waals surface area (Å²) in [7, 11) is 1.80. The molecule has 1 aliphatic carbocycles. The number of rotatable bonds is 5. The molecule has 2 rings (SSSR count). The fourth-order valence-corrected chi connectivity index (χ4v) is 2.22. The maximum absolute atomic E-state index is 5.14. The van der Waals surface area contributed by atoms with Gasteiger partial charge in [-0.25, -0.2) is 0 Å². The van der Waals surface area contributed by atoms with Crippen LogP contribution in [0.2, 0.25) is 0 Å². The number of nitrogens with one attached hydrogen (secondary N) is 1. The summed E-state index contributed by atoms with van der Waals surface area (Å²) in [5.41, 5.74) is 0. The van der Waals surface area contributed by atoms with Crippen molar-refractivity contribution in [3.05, 3.63) is 0 Å². The lowest BCUT2D eigenvalue weighted by Gasteiger charge is -2.35. The van der Waals surface area contributed by atoms with Gasteiger partial charge in [-0.15, -0.1) is 0 Å². The molecule has 0 radical (unpaired) electrons. The Hall–Kier alpha value is -0.0800. The molecular formula is C10H19NO. The van der Waals surface area contributed by atoms with Crippen LogP contribution in [0.1, 0.15) is 25.7 Å². The third-order valence-electron chi connectivity index (χ3n) is 3.26. The molecule has 0 bridgehead atoms. The first-order valence-electron chi connectivity index (χ1n) is 5.14. The molecule has 1 saturated carbocycles. The Morgan fingerprint density at radius 2 is 2.17 bits per heavy atom. The van der Waals surface area contributed by atoms with Crippen LogP contribution in [0.5, 0.6) is 0 Å². The summed E-state index contributed by atoms with van der Waals surface area (Å²) in [6.45, 7) is 2.18. The quantitative estimate of drug-likeness (QED) is 0.672. The van der Waals surface area contributed by atoms with Crippen LogP contribution in [0.25, 0.3) is 0 Å². The summed E-state index contributed by atoms with van der Waals surface area (Å²) < 4.78 is 5.14. The third-order valence-corrected chi connectivity index (χ3v) is 3.26. The molecule has 2 heteroatoms. The van der Waals surface area contributed by atoms with Crippen molar-refractivity contribution < 1.29 is 4.74 Å². The lowest BCUT2D eigenvalue weighted by molar-refractivity contribution is 0.141. The van der Waals surface area contributed by atoms with E-state index in [4.69, 9.17) is 4.74 Å². The first kappa shape index (κ1) is 8.52. The Kier molecular flexibility index (Phi) is 2.66. The van der Waals surface area contributed by atoms with Gasteiger partial charge in [0.1, 0.15) is 0 Å². The second kappa shape index (κ2) is 3.75. The van der Waals surface area contributed by atoms with E-state index in [9.17, 15) is 0 Å². The van der Waals surface area contributed by atoms with E-state index in [1.54, 1.807) is 7.11 Å². The molecule has 0 spiro atoms. The van der Waals surface area contributed by atoms with Gasteiger partial charge >= 0.3 is 0 Å². The van der Waals surface area contributed by atoms with Crippen molar-refractivity contribution in [2.45, 2.75) is 31.7 Å². The van der Waals surface area contributed by atoms with Crippen molar-refractivity contribution in [2.24, 2.45) is 11.8 Å². The van der Waals surface area contributed by atoms with Crippen LogP contribution >= 0.6 is 0 Å². The largest absolute Gasteiger partial charge is 0.385 e. The summed E-state index contributed by atoms with van der Waals surface area (Å²) in [5.74, 6) is 1.94. The number of ether oxygens (including phenoxy) is 1. The minimum atomic E-state index is 0.827. The Labute approximate surface area is 74.7 Å². The molecule has 2 fully saturated rings. The molecule has 2 atom stereocenters. The van der Waals surface area contributed by atoms with Crippen LogP contribution < -0.4 is 5.32 Å². The minimum Gasteiger partial charge on any atom is -0.385 e. The smallest absolute Gasteiger partial charge is 0.0465 e. The minimum absolute atomic E-state index is 0.827. The van der Waals surface area contributed by atoms with Crippen LogP contribution in [-0.2, 0) is 4.74 Å². The average molecular weight is 169 g/mol. The van der Waals surface area contributed by atoms with Crippen LogP contribution in [0.3, 0.4) is 0 Å². The summed E-state index contributed by atoms with van der Waals surface area (Å²) in [6, 6.07) is 0.827. The van der Waals surface area contributed by atoms with E-state index in [-0.39, 0.29) is 0 Å². The standard InChI is InChI=1S/C10H19NO/c1-12-7-5-9(8-2-3-8)10-4-6-11-10/h8-11H,2-7H2,1H3. The lowest BCUT2D eigenvalue weighted by atomic mass is 9.85. The van der Waals surface area contributed by atoms with Gasteiger partial charge in [-0.05, 0) is 44.1 Å². The summed E-state index contributed by atoms with van der Waals surface area (Å²) in [4.78, 5) is 0. The molecular weight excluding hydrogens is 150 g/mol. The van der Waals surface area contributed by atoms with Crippen molar-refractivity contribution in [1.82, 2.24) is 5.32 Å². The molecule has 2 unspecified atom stereocenters. The molecule has 1 saturated heterocycles. The zero-order valence-electron chi connectivity index (χ0n) is 7.88. The fraction of sp³-hybridized carbons (Fsp3) is 1.00. The Balaban J connectivity index is 1.75. The molecule has 0 aromatic rings. The zero-order valence-corrected chi connectivity index (χ0v) is 7.88. The first-order chi connectivity index (χ1) is 5.92. The van der Waals surface area contributed by atoms with Gasteiger partial charge in [0.05, 0.1) is 0 Å². The SMILES string of the molecule is COCCC(C1CC1)C1CCN1. The zero-order chi connectivity index (χ0) is 8.39. The van der Waals surface area contributed by atoms with Crippen molar-refractivity contribution in [1.29, 1.82) is 0 Å². The molecule has 1 aliphatic heterocycles. The summed E-state index contributed by atoms with van der Waals surface area (Å²) in [6.07, 6.45) is 5.59. The fourth-order valence-electron chi connectivity index (χ4n) is 2.22. The molecule has 0 aromatic carbocycles. The maximum Gasteiger partial charge on any atom is 0.0465 e. The number of hydrogen-bond acceptors (Lipinski definition) is 2. The van der Waals surface area contributed by atoms with Crippen LogP contribution in [0, 0.1) is 11.8 Å². The third kappa shape index (κ3) is 1.80. The first-order valence-corrected chi connectivity index (χ1v) is 5.14. The second-order valence-electron chi connectivity index (χ2n) is 4.13. The van der Waals surface area contributed by atoms with E-state index in [0.29, 0.717) is 0 Å². The summed E-state index contributed by atoms with van der Waals surface area (Å²) in [5, 5.41) is 3.52. The highest BCUT2D eigenvalue weighted by molar-refractivity contribution is 4.93. The van der Waals surface area contributed by atoms with E-state index < -0.39 is 0 Å². The normalized spacial score (nSPS) is 31.2. The Morgan fingerprint density at radius 1 is 1.42 bits per heavy atom.